The molecule has 10 nitrogen and oxygen atoms in total. The third-order valence-corrected chi connectivity index (χ3v) is 18.3. The van der Waals surface area contributed by atoms with Crippen molar-refractivity contribution in [3.05, 3.63) is 60.8 Å². The summed E-state index contributed by atoms with van der Waals surface area (Å²) in [5.41, 5.74) is 0. The Morgan fingerprint density at radius 1 is 0.150 bits per heavy atom. The number of carbonyl (C=O) groups is 5. The average molecular weight is 1410 g/mol. The van der Waals surface area contributed by atoms with Crippen LogP contribution in [0.25, 0.3) is 0 Å². The molecular weight excluding hydrogens is 1240 g/mol. The van der Waals surface area contributed by atoms with Crippen molar-refractivity contribution < 1.29 is 49.5 Å². The zero-order valence-corrected chi connectivity index (χ0v) is 67.0. The predicted molar refractivity (Wildman–Crippen MR) is 435 cm³/mol. The van der Waals surface area contributed by atoms with Crippen LogP contribution in [-0.2, 0) is 24.0 Å². The normalized spacial score (nSPS) is 11.2. The molecule has 0 radical (unpaired) electrons. The number of aliphatic carboxylic acids is 5. The van der Waals surface area contributed by atoms with Crippen molar-refractivity contribution in [2.75, 3.05) is 0 Å². The first-order valence-corrected chi connectivity index (χ1v) is 43.2. The van der Waals surface area contributed by atoms with Gasteiger partial charge in [0, 0.05) is 32.1 Å². The van der Waals surface area contributed by atoms with Crippen LogP contribution in [0.2, 0.25) is 0 Å². The van der Waals surface area contributed by atoms with Crippen LogP contribution in [0.5, 0.6) is 0 Å². The van der Waals surface area contributed by atoms with E-state index in [0.29, 0.717) is 32.1 Å². The van der Waals surface area contributed by atoms with Crippen LogP contribution in [0, 0.1) is 0 Å². The standard InChI is InChI=1S/5C18H34O2/c5*1-2-3-4-5-6-7-8-9-10-11-12-13-14-15-16-17-18(19)20/h5*9-10H,2-8,11-17H2,1H3,(H,19,20). The molecule has 0 aromatic heterocycles. The van der Waals surface area contributed by atoms with Gasteiger partial charge in [-0.05, 0) is 161 Å². The second-order valence-corrected chi connectivity index (χ2v) is 28.6. The van der Waals surface area contributed by atoms with E-state index in [9.17, 15) is 24.0 Å². The molecule has 0 unspecified atom stereocenters. The van der Waals surface area contributed by atoms with Gasteiger partial charge < -0.3 is 25.5 Å². The molecule has 0 spiro atoms. The summed E-state index contributed by atoms with van der Waals surface area (Å²) in [6.45, 7) is 11.3. The van der Waals surface area contributed by atoms with E-state index in [0.717, 1.165) is 64.2 Å². The molecule has 0 aliphatic rings. The highest BCUT2D eigenvalue weighted by Crippen LogP contribution is 2.16. The van der Waals surface area contributed by atoms with Crippen molar-refractivity contribution in [1.29, 1.82) is 0 Å². The van der Waals surface area contributed by atoms with Crippen LogP contribution in [0.3, 0.4) is 0 Å². The third-order valence-electron chi connectivity index (χ3n) is 18.3. The predicted octanol–water partition coefficient (Wildman–Crippen LogP) is 30.5. The Hall–Kier alpha value is -3.95. The molecule has 0 aromatic rings. The van der Waals surface area contributed by atoms with E-state index in [1.807, 2.05) is 0 Å². The molecule has 10 heteroatoms. The van der Waals surface area contributed by atoms with Gasteiger partial charge in [-0.1, -0.05) is 352 Å². The van der Waals surface area contributed by atoms with Gasteiger partial charge in [-0.3, -0.25) is 24.0 Å². The van der Waals surface area contributed by atoms with Gasteiger partial charge in [0.15, 0.2) is 0 Å². The second kappa shape index (κ2) is 101. The number of allylic oxidation sites excluding steroid dienone is 10. The zero-order chi connectivity index (χ0) is 74.5. The quantitative estimate of drug-likeness (QED) is 0.0290. The molecule has 100 heavy (non-hydrogen) atoms. The fourth-order valence-electron chi connectivity index (χ4n) is 11.7. The molecule has 0 atom stereocenters. The summed E-state index contributed by atoms with van der Waals surface area (Å²) in [6.07, 6.45) is 106. The zero-order valence-electron chi connectivity index (χ0n) is 67.0. The minimum absolute atomic E-state index is 0.332. The molecule has 0 aliphatic heterocycles. The molecule has 590 valence electrons. The van der Waals surface area contributed by atoms with Crippen molar-refractivity contribution in [1.82, 2.24) is 0 Å². The molecule has 0 rings (SSSR count). The van der Waals surface area contributed by atoms with Gasteiger partial charge in [0.05, 0.1) is 0 Å². The lowest BCUT2D eigenvalue weighted by Gasteiger charge is -1.99. The molecule has 0 amide bonds. The lowest BCUT2D eigenvalue weighted by molar-refractivity contribution is -0.138. The summed E-state index contributed by atoms with van der Waals surface area (Å²) < 4.78 is 0. The molecule has 0 aromatic carbocycles. The van der Waals surface area contributed by atoms with Crippen molar-refractivity contribution in [2.45, 2.75) is 484 Å². The summed E-state index contributed by atoms with van der Waals surface area (Å²) in [6, 6.07) is 0. The summed E-state index contributed by atoms with van der Waals surface area (Å²) in [4.78, 5) is 51.6. The van der Waals surface area contributed by atoms with E-state index in [2.05, 4.69) is 95.4 Å². The Kier molecular flexibility index (Phi) is 106. The number of carboxylic acids is 5. The number of hydrogen-bond acceptors (Lipinski definition) is 5. The third kappa shape index (κ3) is 124. The fourth-order valence-corrected chi connectivity index (χ4v) is 11.7. The number of hydrogen-bond donors (Lipinski definition) is 5. The summed E-state index contributed by atoms with van der Waals surface area (Å²) in [5, 5.41) is 42.5. The van der Waals surface area contributed by atoms with Gasteiger partial charge in [-0.2, -0.15) is 0 Å². The highest BCUT2D eigenvalue weighted by atomic mass is 16.4. The average Bonchev–Trinajstić information content (AvgIpc) is 3.67. The number of carboxylic acid groups (broad SMARTS) is 5. The van der Waals surface area contributed by atoms with Crippen LogP contribution < -0.4 is 0 Å². The van der Waals surface area contributed by atoms with Gasteiger partial charge in [0.2, 0.25) is 0 Å². The van der Waals surface area contributed by atoms with Gasteiger partial charge in [0.25, 0.3) is 0 Å². The first-order chi connectivity index (χ1) is 48.9. The monoisotopic (exact) mass is 1410 g/mol. The Bertz CT molecular complexity index is 1460. The molecule has 5 N–H and O–H groups in total. The van der Waals surface area contributed by atoms with E-state index in [-0.39, 0.29) is 0 Å². The Labute approximate surface area is 621 Å². The second-order valence-electron chi connectivity index (χ2n) is 28.6. The van der Waals surface area contributed by atoms with Crippen molar-refractivity contribution >= 4 is 29.8 Å². The van der Waals surface area contributed by atoms with Crippen LogP contribution in [0.15, 0.2) is 60.8 Å². The van der Waals surface area contributed by atoms with Crippen LogP contribution in [0.4, 0.5) is 0 Å². The van der Waals surface area contributed by atoms with E-state index in [1.165, 1.54) is 353 Å². The van der Waals surface area contributed by atoms with E-state index >= 15 is 0 Å². The minimum Gasteiger partial charge on any atom is -0.481 e. The molecule has 0 bridgehead atoms. The molecule has 0 fully saturated rings. The molecule has 0 heterocycles. The maximum Gasteiger partial charge on any atom is 0.303 e. The fraction of sp³-hybridized carbons (Fsp3) is 0.833. The largest absolute Gasteiger partial charge is 0.481 e. The maximum atomic E-state index is 10.3. The minimum atomic E-state index is -0.664. The number of unbranched alkanes of at least 4 members (excludes halogenated alkanes) is 55. The summed E-state index contributed by atoms with van der Waals surface area (Å²) in [5.74, 6) is -3.32. The molecule has 0 saturated heterocycles. The lowest BCUT2D eigenvalue weighted by Crippen LogP contribution is -1.93. The van der Waals surface area contributed by atoms with Gasteiger partial charge >= 0.3 is 29.8 Å². The lowest BCUT2D eigenvalue weighted by atomic mass is 10.1. The van der Waals surface area contributed by atoms with E-state index in [1.54, 1.807) is 0 Å². The van der Waals surface area contributed by atoms with Crippen LogP contribution >= 0.6 is 0 Å². The maximum absolute atomic E-state index is 10.3. The molecule has 0 saturated carbocycles. The summed E-state index contributed by atoms with van der Waals surface area (Å²) >= 11 is 0. The first kappa shape index (κ1) is 105. The van der Waals surface area contributed by atoms with Crippen LogP contribution in [-0.4, -0.2) is 55.4 Å². The Morgan fingerprint density at radius 2 is 0.240 bits per heavy atom. The Balaban J connectivity index is -0.000000376. The van der Waals surface area contributed by atoms with E-state index in [4.69, 9.17) is 25.5 Å². The highest BCUT2D eigenvalue weighted by molar-refractivity contribution is 5.67. The summed E-state index contributed by atoms with van der Waals surface area (Å²) in [7, 11) is 0. The van der Waals surface area contributed by atoms with Gasteiger partial charge in [0.1, 0.15) is 0 Å². The van der Waals surface area contributed by atoms with Crippen molar-refractivity contribution in [3.8, 4) is 0 Å². The van der Waals surface area contributed by atoms with Crippen molar-refractivity contribution in [2.24, 2.45) is 0 Å². The van der Waals surface area contributed by atoms with Crippen molar-refractivity contribution in [3.63, 3.8) is 0 Å². The van der Waals surface area contributed by atoms with Gasteiger partial charge in [-0.15, -0.1) is 0 Å². The molecule has 0 aliphatic carbocycles. The van der Waals surface area contributed by atoms with E-state index < -0.39 is 29.8 Å². The SMILES string of the molecule is CCCCCCCCC=CCCCCCCCC(=O)O.CCCCCCCCC=CCCCCCCCC(=O)O.CCCCCCCCC=CCCCCCCCC(=O)O.CCCCCCCCC=CCCCCCCCC(=O)O.CCCCCCCCC=CCCCCCCCC(=O)O. The topological polar surface area (TPSA) is 186 Å². The molecular formula is C90H170O10. The smallest absolute Gasteiger partial charge is 0.303 e. The number of rotatable bonds is 75. The Morgan fingerprint density at radius 3 is 0.340 bits per heavy atom. The van der Waals surface area contributed by atoms with Gasteiger partial charge in [-0.25, -0.2) is 0 Å². The first-order valence-electron chi connectivity index (χ1n) is 43.2. The highest BCUT2D eigenvalue weighted by Gasteiger charge is 2.01. The van der Waals surface area contributed by atoms with Crippen LogP contribution in [0.1, 0.15) is 484 Å².